The summed E-state index contributed by atoms with van der Waals surface area (Å²) in [5, 5.41) is 8.92. The Balaban J connectivity index is 3.13. The second kappa shape index (κ2) is 4.59. The van der Waals surface area contributed by atoms with E-state index in [1.54, 1.807) is 0 Å². The minimum Gasteiger partial charge on any atom is -0.492 e. The van der Waals surface area contributed by atoms with Gasteiger partial charge in [0.05, 0.1) is 24.8 Å². The lowest BCUT2D eigenvalue weighted by atomic mass is 10.1. The SMILES string of the molecule is COc1c(F)cc(C(N)CO)cc1Cl. The van der Waals surface area contributed by atoms with Gasteiger partial charge < -0.3 is 15.6 Å². The third kappa shape index (κ3) is 2.15. The molecule has 1 aromatic rings. The lowest BCUT2D eigenvalue weighted by Crippen LogP contribution is -2.14. The van der Waals surface area contributed by atoms with E-state index in [0.717, 1.165) is 0 Å². The molecule has 0 bridgehead atoms. The van der Waals surface area contributed by atoms with E-state index in [1.165, 1.54) is 19.2 Å². The summed E-state index contributed by atoms with van der Waals surface area (Å²) in [4.78, 5) is 0. The molecule has 3 nitrogen and oxygen atoms in total. The third-order valence-corrected chi connectivity index (χ3v) is 2.13. The maximum absolute atomic E-state index is 13.3. The van der Waals surface area contributed by atoms with E-state index in [2.05, 4.69) is 0 Å². The van der Waals surface area contributed by atoms with Crippen LogP contribution in [0.1, 0.15) is 11.6 Å². The largest absolute Gasteiger partial charge is 0.492 e. The van der Waals surface area contributed by atoms with Gasteiger partial charge >= 0.3 is 0 Å². The molecule has 5 heteroatoms. The highest BCUT2D eigenvalue weighted by Gasteiger charge is 2.13. The number of methoxy groups -OCH3 is 1. The highest BCUT2D eigenvalue weighted by molar-refractivity contribution is 6.32. The highest BCUT2D eigenvalue weighted by atomic mass is 35.5. The Labute approximate surface area is 86.2 Å². The summed E-state index contributed by atoms with van der Waals surface area (Å²) in [6.45, 7) is -0.262. The molecule has 3 N–H and O–H groups in total. The molecule has 0 aliphatic rings. The summed E-state index contributed by atoms with van der Waals surface area (Å²) in [6.07, 6.45) is 0. The second-order valence-electron chi connectivity index (χ2n) is 2.81. The van der Waals surface area contributed by atoms with Gasteiger partial charge in [0, 0.05) is 0 Å². The molecule has 1 atom stereocenters. The van der Waals surface area contributed by atoms with Crippen molar-refractivity contribution in [3.63, 3.8) is 0 Å². The number of hydrogen-bond acceptors (Lipinski definition) is 3. The number of halogens is 2. The molecule has 0 amide bonds. The van der Waals surface area contributed by atoms with Crippen molar-refractivity contribution >= 4 is 11.6 Å². The number of benzene rings is 1. The molecule has 0 heterocycles. The Morgan fingerprint density at radius 1 is 1.64 bits per heavy atom. The van der Waals surface area contributed by atoms with Gasteiger partial charge in [-0.25, -0.2) is 4.39 Å². The number of aliphatic hydroxyl groups is 1. The Kier molecular flexibility index (Phi) is 3.69. The summed E-state index contributed by atoms with van der Waals surface area (Å²) < 4.78 is 18.0. The Bertz CT molecular complexity index is 310. The van der Waals surface area contributed by atoms with E-state index >= 15 is 0 Å². The summed E-state index contributed by atoms with van der Waals surface area (Å²) in [5.74, 6) is -0.598. The zero-order valence-electron chi connectivity index (χ0n) is 7.63. The molecular weight excluding hydrogens is 209 g/mol. The minimum absolute atomic E-state index is 0.0134. The van der Waals surface area contributed by atoms with Crippen LogP contribution in [0.4, 0.5) is 4.39 Å². The summed E-state index contributed by atoms with van der Waals surface area (Å²) in [5.41, 5.74) is 5.95. The molecule has 78 valence electrons. The Hall–Kier alpha value is -0.840. The monoisotopic (exact) mass is 219 g/mol. The fourth-order valence-corrected chi connectivity index (χ4v) is 1.39. The van der Waals surface area contributed by atoms with Gasteiger partial charge in [-0.1, -0.05) is 11.6 Å². The predicted molar refractivity (Wildman–Crippen MR) is 52.0 cm³/mol. The molecule has 1 unspecified atom stereocenters. The van der Waals surface area contributed by atoms with E-state index in [9.17, 15) is 4.39 Å². The fraction of sp³-hybridized carbons (Fsp3) is 0.333. The van der Waals surface area contributed by atoms with Crippen molar-refractivity contribution in [1.29, 1.82) is 0 Å². The van der Waals surface area contributed by atoms with Crippen LogP contribution < -0.4 is 10.5 Å². The molecule has 0 aliphatic carbocycles. The van der Waals surface area contributed by atoms with Crippen molar-refractivity contribution < 1.29 is 14.2 Å². The number of rotatable bonds is 3. The van der Waals surface area contributed by atoms with Crippen molar-refractivity contribution in [3.05, 3.63) is 28.5 Å². The number of hydrogen-bond donors (Lipinski definition) is 2. The summed E-state index contributed by atoms with van der Waals surface area (Å²) in [6, 6.07) is 2.04. The van der Waals surface area contributed by atoms with E-state index in [1.807, 2.05) is 0 Å². The summed E-state index contributed by atoms with van der Waals surface area (Å²) >= 11 is 5.73. The zero-order valence-corrected chi connectivity index (χ0v) is 8.38. The van der Waals surface area contributed by atoms with Crippen molar-refractivity contribution in [2.24, 2.45) is 5.73 Å². The first kappa shape index (κ1) is 11.2. The van der Waals surface area contributed by atoms with Gasteiger partial charge in [0.2, 0.25) is 0 Å². The van der Waals surface area contributed by atoms with Crippen LogP contribution in [-0.4, -0.2) is 18.8 Å². The number of nitrogens with two attached hydrogens (primary N) is 1. The van der Waals surface area contributed by atoms with Gasteiger partial charge in [0.15, 0.2) is 11.6 Å². The Morgan fingerprint density at radius 2 is 2.29 bits per heavy atom. The van der Waals surface area contributed by atoms with Crippen molar-refractivity contribution in [3.8, 4) is 5.75 Å². The smallest absolute Gasteiger partial charge is 0.173 e. The molecule has 0 saturated heterocycles. The lowest BCUT2D eigenvalue weighted by molar-refractivity contribution is 0.267. The molecule has 1 rings (SSSR count). The van der Waals surface area contributed by atoms with Crippen molar-refractivity contribution in [2.45, 2.75) is 6.04 Å². The maximum atomic E-state index is 13.3. The number of aliphatic hydroxyl groups excluding tert-OH is 1. The van der Waals surface area contributed by atoms with Crippen LogP contribution in [0.5, 0.6) is 5.75 Å². The zero-order chi connectivity index (χ0) is 10.7. The normalized spacial score (nSPS) is 12.6. The molecule has 0 saturated carbocycles. The Morgan fingerprint density at radius 3 is 2.71 bits per heavy atom. The van der Waals surface area contributed by atoms with Crippen LogP contribution >= 0.6 is 11.6 Å². The molecule has 0 radical (unpaired) electrons. The molecule has 0 spiro atoms. The summed E-state index contributed by atoms with van der Waals surface area (Å²) in [7, 11) is 1.33. The predicted octanol–water partition coefficient (Wildman–Crippen LogP) is 1.48. The van der Waals surface area contributed by atoms with Gasteiger partial charge in [-0.05, 0) is 17.7 Å². The minimum atomic E-state index is -0.632. The highest BCUT2D eigenvalue weighted by Crippen LogP contribution is 2.30. The quantitative estimate of drug-likeness (QED) is 0.810. The van der Waals surface area contributed by atoms with Gasteiger partial charge in [0.1, 0.15) is 0 Å². The van der Waals surface area contributed by atoms with E-state index in [-0.39, 0.29) is 17.4 Å². The van der Waals surface area contributed by atoms with E-state index < -0.39 is 11.9 Å². The third-order valence-electron chi connectivity index (χ3n) is 1.85. The molecule has 0 fully saturated rings. The lowest BCUT2D eigenvalue weighted by Gasteiger charge is -2.11. The van der Waals surface area contributed by atoms with Crippen LogP contribution in [0, 0.1) is 5.82 Å². The maximum Gasteiger partial charge on any atom is 0.173 e. The first-order chi connectivity index (χ1) is 6.60. The van der Waals surface area contributed by atoms with Crippen LogP contribution in [0.15, 0.2) is 12.1 Å². The van der Waals surface area contributed by atoms with E-state index in [0.29, 0.717) is 5.56 Å². The fourth-order valence-electron chi connectivity index (χ4n) is 1.09. The van der Waals surface area contributed by atoms with Gasteiger partial charge in [-0.3, -0.25) is 0 Å². The molecule has 14 heavy (non-hydrogen) atoms. The molecule has 0 aromatic heterocycles. The second-order valence-corrected chi connectivity index (χ2v) is 3.21. The van der Waals surface area contributed by atoms with Crippen LogP contribution in [0.2, 0.25) is 5.02 Å². The average Bonchev–Trinajstić information content (AvgIpc) is 2.16. The first-order valence-electron chi connectivity index (χ1n) is 3.99. The van der Waals surface area contributed by atoms with E-state index in [4.69, 9.17) is 27.2 Å². The standard InChI is InChI=1S/C9H11ClFNO2/c1-14-9-6(10)2-5(3-7(9)11)8(12)4-13/h2-3,8,13H,4,12H2,1H3. The van der Waals surface area contributed by atoms with Crippen molar-refractivity contribution in [1.82, 2.24) is 0 Å². The van der Waals surface area contributed by atoms with Gasteiger partial charge in [0.25, 0.3) is 0 Å². The van der Waals surface area contributed by atoms with Gasteiger partial charge in [-0.15, -0.1) is 0 Å². The van der Waals surface area contributed by atoms with Crippen LogP contribution in [0.25, 0.3) is 0 Å². The molecule has 0 aliphatic heterocycles. The average molecular weight is 220 g/mol. The molecular formula is C9H11ClFNO2. The first-order valence-corrected chi connectivity index (χ1v) is 4.37. The van der Waals surface area contributed by atoms with Crippen molar-refractivity contribution in [2.75, 3.05) is 13.7 Å². The molecule has 1 aromatic carbocycles. The van der Waals surface area contributed by atoms with Crippen LogP contribution in [-0.2, 0) is 0 Å². The number of ether oxygens (including phenoxy) is 1. The van der Waals surface area contributed by atoms with Gasteiger partial charge in [-0.2, -0.15) is 0 Å². The topological polar surface area (TPSA) is 55.5 Å². The van der Waals surface area contributed by atoms with Crippen LogP contribution in [0.3, 0.4) is 0 Å².